The second kappa shape index (κ2) is 2.87. The number of hydrogen-bond donors (Lipinski definition) is 2. The highest BCUT2D eigenvalue weighted by Crippen LogP contribution is 2.20. The van der Waals surface area contributed by atoms with Gasteiger partial charge in [0.2, 0.25) is 0 Å². The third kappa shape index (κ3) is 1.39. The molecule has 3 heteroatoms. The molecule has 1 atom stereocenters. The predicted molar refractivity (Wildman–Crippen MR) is 57.6 cm³/mol. The first kappa shape index (κ1) is 8.81. The van der Waals surface area contributed by atoms with Gasteiger partial charge in [0, 0.05) is 6.54 Å². The molecule has 0 saturated heterocycles. The van der Waals surface area contributed by atoms with Crippen LogP contribution in [0.1, 0.15) is 18.1 Å². The first-order chi connectivity index (χ1) is 6.11. The Hall–Kier alpha value is -0.770. The van der Waals surface area contributed by atoms with Gasteiger partial charge in [0.25, 0.3) is 0 Å². The summed E-state index contributed by atoms with van der Waals surface area (Å²) in [6.07, 6.45) is 0. The largest absolute Gasteiger partial charge is 0.309 e. The summed E-state index contributed by atoms with van der Waals surface area (Å²) in [5, 5.41) is 3.20. The number of nitrogens with two attached hydrogens (primary N) is 1. The molecule has 0 radical (unpaired) electrons. The molecule has 3 N–H and O–H groups in total. The SMILES string of the molecule is C[C@@]1(N)NCc2ccccc2C1=S. The molecule has 2 nitrogen and oxygen atoms in total. The second-order valence-electron chi connectivity index (χ2n) is 3.54. The van der Waals surface area contributed by atoms with Crippen molar-refractivity contribution in [3.05, 3.63) is 35.4 Å². The number of thiocarbonyl (C=S) groups is 1. The third-order valence-electron chi connectivity index (χ3n) is 2.38. The van der Waals surface area contributed by atoms with Crippen molar-refractivity contribution in [2.75, 3.05) is 0 Å². The Bertz CT molecular complexity index is 358. The minimum atomic E-state index is -0.538. The molecule has 1 heterocycles. The van der Waals surface area contributed by atoms with Gasteiger partial charge >= 0.3 is 0 Å². The highest BCUT2D eigenvalue weighted by atomic mass is 32.1. The maximum Gasteiger partial charge on any atom is 0.101 e. The van der Waals surface area contributed by atoms with Gasteiger partial charge < -0.3 is 5.73 Å². The zero-order valence-electron chi connectivity index (χ0n) is 7.50. The predicted octanol–water partition coefficient (Wildman–Crippen LogP) is 1.18. The molecule has 2 rings (SSSR count). The van der Waals surface area contributed by atoms with E-state index in [0.29, 0.717) is 0 Å². The van der Waals surface area contributed by atoms with Crippen molar-refractivity contribution in [3.63, 3.8) is 0 Å². The molecule has 0 aromatic heterocycles. The van der Waals surface area contributed by atoms with Crippen molar-refractivity contribution in [1.29, 1.82) is 0 Å². The van der Waals surface area contributed by atoms with E-state index in [2.05, 4.69) is 11.4 Å². The van der Waals surface area contributed by atoms with E-state index in [4.69, 9.17) is 18.0 Å². The molecule has 0 fully saturated rings. The summed E-state index contributed by atoms with van der Waals surface area (Å²) in [6, 6.07) is 8.11. The summed E-state index contributed by atoms with van der Waals surface area (Å²) in [5.41, 5.74) is 7.79. The number of hydrogen-bond acceptors (Lipinski definition) is 3. The molecule has 1 aromatic carbocycles. The number of rotatable bonds is 0. The Morgan fingerprint density at radius 1 is 1.46 bits per heavy atom. The van der Waals surface area contributed by atoms with E-state index in [1.165, 1.54) is 5.56 Å². The van der Waals surface area contributed by atoms with Crippen LogP contribution in [0, 0.1) is 0 Å². The van der Waals surface area contributed by atoms with E-state index >= 15 is 0 Å². The zero-order chi connectivity index (χ0) is 9.47. The van der Waals surface area contributed by atoms with E-state index in [9.17, 15) is 0 Å². The van der Waals surface area contributed by atoms with Crippen molar-refractivity contribution >= 4 is 17.1 Å². The minimum absolute atomic E-state index is 0.538. The quantitative estimate of drug-likeness (QED) is 0.606. The number of benzene rings is 1. The van der Waals surface area contributed by atoms with Crippen LogP contribution in [-0.2, 0) is 6.54 Å². The monoisotopic (exact) mass is 192 g/mol. The van der Waals surface area contributed by atoms with Crippen LogP contribution in [0.4, 0.5) is 0 Å². The maximum absolute atomic E-state index is 5.98. The summed E-state index contributed by atoms with van der Waals surface area (Å²) >= 11 is 5.31. The first-order valence-electron chi connectivity index (χ1n) is 4.28. The highest BCUT2D eigenvalue weighted by molar-refractivity contribution is 7.81. The lowest BCUT2D eigenvalue weighted by Gasteiger charge is -2.33. The lowest BCUT2D eigenvalue weighted by atomic mass is 9.93. The molecule has 68 valence electrons. The van der Waals surface area contributed by atoms with Crippen LogP contribution in [0.2, 0.25) is 0 Å². The molecule has 0 unspecified atom stereocenters. The summed E-state index contributed by atoms with van der Waals surface area (Å²) in [4.78, 5) is 0.800. The molecule has 1 aliphatic rings. The fraction of sp³-hybridized carbons (Fsp3) is 0.300. The molecular weight excluding hydrogens is 180 g/mol. The first-order valence-corrected chi connectivity index (χ1v) is 4.69. The summed E-state index contributed by atoms with van der Waals surface area (Å²) in [7, 11) is 0. The Labute approximate surface area is 83.1 Å². The van der Waals surface area contributed by atoms with Gasteiger partial charge in [-0.25, -0.2) is 0 Å². The standard InChI is InChI=1S/C10H12N2S/c1-10(11)9(13)8-5-3-2-4-7(8)6-12-10/h2-5,12H,6,11H2,1H3/t10-/m1/s1. The summed E-state index contributed by atoms with van der Waals surface area (Å²) < 4.78 is 0. The lowest BCUT2D eigenvalue weighted by Crippen LogP contribution is -2.59. The molecule has 0 amide bonds. The third-order valence-corrected chi connectivity index (χ3v) is 3.02. The fourth-order valence-corrected chi connectivity index (χ4v) is 1.81. The Morgan fingerprint density at radius 3 is 2.92 bits per heavy atom. The molecule has 0 bridgehead atoms. The second-order valence-corrected chi connectivity index (χ2v) is 3.95. The van der Waals surface area contributed by atoms with Gasteiger partial charge in [0.1, 0.15) is 5.66 Å². The van der Waals surface area contributed by atoms with Gasteiger partial charge in [0.05, 0.1) is 4.86 Å². The summed E-state index contributed by atoms with van der Waals surface area (Å²) in [6.45, 7) is 2.70. The molecule has 0 aliphatic carbocycles. The zero-order valence-corrected chi connectivity index (χ0v) is 8.32. The van der Waals surface area contributed by atoms with Crippen LogP contribution < -0.4 is 11.1 Å². The van der Waals surface area contributed by atoms with E-state index in [0.717, 1.165) is 17.0 Å². The van der Waals surface area contributed by atoms with Gasteiger partial charge in [0.15, 0.2) is 0 Å². The van der Waals surface area contributed by atoms with Crippen molar-refractivity contribution in [2.45, 2.75) is 19.1 Å². The smallest absolute Gasteiger partial charge is 0.101 e. The van der Waals surface area contributed by atoms with Gasteiger partial charge in [-0.15, -0.1) is 0 Å². The van der Waals surface area contributed by atoms with Crippen LogP contribution in [0.3, 0.4) is 0 Å². The Morgan fingerprint density at radius 2 is 2.15 bits per heavy atom. The summed E-state index contributed by atoms with van der Waals surface area (Å²) in [5.74, 6) is 0. The average molecular weight is 192 g/mol. The minimum Gasteiger partial charge on any atom is -0.309 e. The molecule has 1 aliphatic heterocycles. The Kier molecular flexibility index (Phi) is 1.95. The molecule has 0 spiro atoms. The molecular formula is C10H12N2S. The van der Waals surface area contributed by atoms with Crippen molar-refractivity contribution < 1.29 is 0 Å². The molecule has 1 aromatic rings. The lowest BCUT2D eigenvalue weighted by molar-refractivity contribution is 0.475. The van der Waals surface area contributed by atoms with E-state index in [1.54, 1.807) is 0 Å². The van der Waals surface area contributed by atoms with E-state index in [1.807, 2.05) is 25.1 Å². The molecule has 0 saturated carbocycles. The van der Waals surface area contributed by atoms with E-state index in [-0.39, 0.29) is 0 Å². The topological polar surface area (TPSA) is 38.0 Å². The van der Waals surface area contributed by atoms with Crippen LogP contribution in [-0.4, -0.2) is 10.5 Å². The maximum atomic E-state index is 5.98. The van der Waals surface area contributed by atoms with Crippen molar-refractivity contribution in [3.8, 4) is 0 Å². The van der Waals surface area contributed by atoms with Crippen LogP contribution in [0.25, 0.3) is 0 Å². The van der Waals surface area contributed by atoms with Gasteiger partial charge in [-0.3, -0.25) is 5.32 Å². The van der Waals surface area contributed by atoms with E-state index < -0.39 is 5.66 Å². The number of nitrogens with one attached hydrogen (secondary N) is 1. The van der Waals surface area contributed by atoms with Crippen LogP contribution in [0.5, 0.6) is 0 Å². The molecule has 13 heavy (non-hydrogen) atoms. The highest BCUT2D eigenvalue weighted by Gasteiger charge is 2.30. The van der Waals surface area contributed by atoms with Gasteiger partial charge in [-0.1, -0.05) is 36.5 Å². The Balaban J connectivity index is 2.52. The van der Waals surface area contributed by atoms with Crippen molar-refractivity contribution in [2.24, 2.45) is 5.73 Å². The number of fused-ring (bicyclic) bond motifs is 1. The normalized spacial score (nSPS) is 27.1. The van der Waals surface area contributed by atoms with Gasteiger partial charge in [-0.2, -0.15) is 0 Å². The average Bonchev–Trinajstić information content (AvgIpc) is 2.13. The van der Waals surface area contributed by atoms with Gasteiger partial charge in [-0.05, 0) is 18.1 Å². The van der Waals surface area contributed by atoms with Crippen molar-refractivity contribution in [1.82, 2.24) is 5.32 Å². The van der Waals surface area contributed by atoms with Crippen LogP contribution >= 0.6 is 12.2 Å². The van der Waals surface area contributed by atoms with Crippen LogP contribution in [0.15, 0.2) is 24.3 Å². The fourth-order valence-electron chi connectivity index (χ4n) is 1.53.